The predicted molar refractivity (Wildman–Crippen MR) is 73.9 cm³/mol. The lowest BCUT2D eigenvalue weighted by molar-refractivity contribution is 0.0941. The first-order valence-electron chi connectivity index (χ1n) is 5.40. The number of amides is 1. The van der Waals surface area contributed by atoms with E-state index in [0.29, 0.717) is 17.9 Å². The van der Waals surface area contributed by atoms with Crippen molar-refractivity contribution in [2.24, 2.45) is 0 Å². The van der Waals surface area contributed by atoms with Gasteiger partial charge in [-0.2, -0.15) is 0 Å². The van der Waals surface area contributed by atoms with Crippen molar-refractivity contribution in [2.45, 2.75) is 20.0 Å². The lowest BCUT2D eigenvalue weighted by Crippen LogP contribution is -2.25. The monoisotopic (exact) mass is 329 g/mol. The highest BCUT2D eigenvalue weighted by molar-refractivity contribution is 9.10. The van der Waals surface area contributed by atoms with E-state index in [-0.39, 0.29) is 10.8 Å². The van der Waals surface area contributed by atoms with Crippen LogP contribution in [-0.4, -0.2) is 15.5 Å². The number of carbonyl (C=O) groups is 1. The summed E-state index contributed by atoms with van der Waals surface area (Å²) in [5.41, 5.74) is 1.31. The molecule has 0 atom stereocenters. The van der Waals surface area contributed by atoms with Crippen LogP contribution >= 0.6 is 27.3 Å². The van der Waals surface area contributed by atoms with E-state index < -0.39 is 0 Å². The highest BCUT2D eigenvalue weighted by Crippen LogP contribution is 2.15. The third kappa shape index (κ3) is 2.91. The van der Waals surface area contributed by atoms with E-state index in [2.05, 4.69) is 26.2 Å². The van der Waals surface area contributed by atoms with Gasteiger partial charge in [-0.3, -0.25) is 9.59 Å². The van der Waals surface area contributed by atoms with Crippen molar-refractivity contribution in [2.75, 3.05) is 0 Å². The number of hydrogen-bond acceptors (Lipinski definition) is 3. The Morgan fingerprint density at radius 3 is 3.00 bits per heavy atom. The van der Waals surface area contributed by atoms with E-state index in [9.17, 15) is 9.59 Å². The van der Waals surface area contributed by atoms with Crippen LogP contribution < -0.4 is 10.2 Å². The Labute approximate surface area is 116 Å². The number of aromatic nitrogens is 2. The molecule has 96 valence electrons. The topological polar surface area (TPSA) is 66.9 Å². The minimum atomic E-state index is -0.158. The molecule has 2 rings (SSSR count). The van der Waals surface area contributed by atoms with E-state index in [1.165, 1.54) is 0 Å². The fourth-order valence-corrected chi connectivity index (χ4v) is 2.64. The molecule has 2 N–H and O–H groups in total. The van der Waals surface area contributed by atoms with Gasteiger partial charge < -0.3 is 14.9 Å². The molecule has 0 aromatic carbocycles. The van der Waals surface area contributed by atoms with Crippen molar-refractivity contribution in [3.05, 3.63) is 43.2 Å². The normalized spacial score (nSPS) is 10.6. The van der Waals surface area contributed by atoms with Crippen molar-refractivity contribution in [3.8, 4) is 0 Å². The van der Waals surface area contributed by atoms with E-state index in [1.54, 1.807) is 11.4 Å². The van der Waals surface area contributed by atoms with Crippen LogP contribution in [0.3, 0.4) is 0 Å². The number of aryl methyl sites for hydroxylation is 1. The molecule has 0 saturated carbocycles. The van der Waals surface area contributed by atoms with Gasteiger partial charge in [0.2, 0.25) is 0 Å². The van der Waals surface area contributed by atoms with E-state index >= 15 is 0 Å². The van der Waals surface area contributed by atoms with Crippen LogP contribution in [0.25, 0.3) is 0 Å². The molecule has 2 aromatic rings. The summed E-state index contributed by atoms with van der Waals surface area (Å²) in [5, 5.41) is 4.48. The van der Waals surface area contributed by atoms with Gasteiger partial charge in [-0.05, 0) is 28.9 Å². The van der Waals surface area contributed by atoms with Gasteiger partial charge in [0.25, 0.3) is 5.91 Å². The fraction of sp³-hybridized carbons (Fsp3) is 0.273. The van der Waals surface area contributed by atoms with Crippen molar-refractivity contribution in [3.63, 3.8) is 0 Å². The Balaban J connectivity index is 2.05. The van der Waals surface area contributed by atoms with Gasteiger partial charge in [0.1, 0.15) is 5.69 Å². The molecule has 18 heavy (non-hydrogen) atoms. The summed E-state index contributed by atoms with van der Waals surface area (Å²) in [6, 6.07) is 1.77. The molecule has 0 aliphatic rings. The Hall–Kier alpha value is -1.34. The number of nitrogens with one attached hydrogen (secondary N) is 2. The maximum atomic E-state index is 12.0. The molecule has 0 radical (unpaired) electrons. The van der Waals surface area contributed by atoms with Gasteiger partial charge in [-0.15, -0.1) is 0 Å². The smallest absolute Gasteiger partial charge is 0.304 e. The zero-order valence-electron chi connectivity index (χ0n) is 9.70. The fourth-order valence-electron chi connectivity index (χ4n) is 1.59. The zero-order valence-corrected chi connectivity index (χ0v) is 12.1. The second-order valence-corrected chi connectivity index (χ2v) is 5.44. The van der Waals surface area contributed by atoms with Crippen LogP contribution in [0.5, 0.6) is 0 Å². The largest absolute Gasteiger partial charge is 0.345 e. The molecule has 5 nitrogen and oxygen atoms in total. The van der Waals surface area contributed by atoms with Gasteiger partial charge >= 0.3 is 4.87 Å². The minimum Gasteiger partial charge on any atom is -0.345 e. The third-order valence-corrected chi connectivity index (χ3v) is 3.60. The molecular weight excluding hydrogens is 318 g/mol. The summed E-state index contributed by atoms with van der Waals surface area (Å²) in [4.78, 5) is 25.5. The quantitative estimate of drug-likeness (QED) is 0.900. The zero-order chi connectivity index (χ0) is 13.1. The molecule has 1 amide bonds. The van der Waals surface area contributed by atoms with Crippen LogP contribution in [0.15, 0.2) is 26.9 Å². The second-order valence-electron chi connectivity index (χ2n) is 3.69. The number of carbonyl (C=O) groups excluding carboxylic acids is 1. The first-order valence-corrected chi connectivity index (χ1v) is 7.08. The lowest BCUT2D eigenvalue weighted by Gasteiger charge is -2.06. The number of nitrogens with zero attached hydrogens (tertiary/aromatic N) is 1. The SMILES string of the molecule is CCn1cc(Br)cc1C(=O)NCc1csc(=O)[nH]1. The standard InChI is InChI=1S/C11H12BrN3O2S/c1-2-15-5-7(12)3-9(15)10(16)13-4-8-6-18-11(17)14-8/h3,5-6H,2,4H2,1H3,(H,13,16)(H,14,17). The number of halogens is 1. The summed E-state index contributed by atoms with van der Waals surface area (Å²) >= 11 is 4.43. The second kappa shape index (κ2) is 5.53. The van der Waals surface area contributed by atoms with Crippen LogP contribution in [0, 0.1) is 0 Å². The van der Waals surface area contributed by atoms with Gasteiger partial charge in [0.15, 0.2) is 0 Å². The van der Waals surface area contributed by atoms with E-state index in [0.717, 1.165) is 22.4 Å². The summed E-state index contributed by atoms with van der Waals surface area (Å²) in [7, 11) is 0. The molecule has 0 aliphatic heterocycles. The van der Waals surface area contributed by atoms with Crippen molar-refractivity contribution >= 4 is 33.2 Å². The summed E-state index contributed by atoms with van der Waals surface area (Å²) < 4.78 is 2.73. The summed E-state index contributed by atoms with van der Waals surface area (Å²) in [6.45, 7) is 3.02. The first kappa shape index (κ1) is 13.1. The molecular formula is C11H12BrN3O2S. The third-order valence-electron chi connectivity index (χ3n) is 2.45. The summed E-state index contributed by atoms with van der Waals surface area (Å²) in [6.07, 6.45) is 1.86. The average molecular weight is 330 g/mol. The Morgan fingerprint density at radius 2 is 2.39 bits per heavy atom. The number of thiazole rings is 1. The molecule has 7 heteroatoms. The van der Waals surface area contributed by atoms with Gasteiger partial charge in [-0.25, -0.2) is 0 Å². The van der Waals surface area contributed by atoms with Crippen molar-refractivity contribution < 1.29 is 4.79 Å². The van der Waals surface area contributed by atoms with Crippen LogP contribution in [0.1, 0.15) is 23.1 Å². The average Bonchev–Trinajstić information content (AvgIpc) is 2.92. The molecule has 0 spiro atoms. The Morgan fingerprint density at radius 1 is 1.61 bits per heavy atom. The molecule has 2 aromatic heterocycles. The van der Waals surface area contributed by atoms with Crippen molar-refractivity contribution in [1.82, 2.24) is 14.9 Å². The summed E-state index contributed by atoms with van der Waals surface area (Å²) in [5.74, 6) is -0.158. The molecule has 2 heterocycles. The number of H-pyrrole nitrogens is 1. The van der Waals surface area contributed by atoms with Gasteiger partial charge in [0.05, 0.1) is 6.54 Å². The first-order chi connectivity index (χ1) is 8.60. The van der Waals surface area contributed by atoms with E-state index in [4.69, 9.17) is 0 Å². The Bertz CT molecular complexity index is 614. The number of rotatable bonds is 4. The lowest BCUT2D eigenvalue weighted by atomic mass is 10.4. The maximum absolute atomic E-state index is 12.0. The van der Waals surface area contributed by atoms with Crippen LogP contribution in [-0.2, 0) is 13.1 Å². The van der Waals surface area contributed by atoms with Crippen LogP contribution in [0.2, 0.25) is 0 Å². The van der Waals surface area contributed by atoms with Gasteiger partial charge in [0, 0.05) is 28.3 Å². The Kier molecular flexibility index (Phi) is 4.03. The molecule has 0 fully saturated rings. The maximum Gasteiger partial charge on any atom is 0.304 e. The highest BCUT2D eigenvalue weighted by Gasteiger charge is 2.12. The van der Waals surface area contributed by atoms with Crippen molar-refractivity contribution in [1.29, 1.82) is 0 Å². The molecule has 0 unspecified atom stereocenters. The predicted octanol–water partition coefficient (Wildman–Crippen LogP) is 1.95. The highest BCUT2D eigenvalue weighted by atomic mass is 79.9. The van der Waals surface area contributed by atoms with Gasteiger partial charge in [-0.1, -0.05) is 11.3 Å². The van der Waals surface area contributed by atoms with E-state index in [1.807, 2.05) is 17.7 Å². The van der Waals surface area contributed by atoms with Crippen LogP contribution in [0.4, 0.5) is 0 Å². The number of hydrogen-bond donors (Lipinski definition) is 2. The number of aromatic amines is 1. The minimum absolute atomic E-state index is 0.112. The molecule has 0 saturated heterocycles. The molecule has 0 bridgehead atoms. The molecule has 0 aliphatic carbocycles.